The molecule has 2 nitrogen and oxygen atoms in total. The Kier molecular flexibility index (Phi) is 3.06. The van der Waals surface area contributed by atoms with Crippen molar-refractivity contribution in [2.45, 2.75) is 19.8 Å². The third-order valence-electron chi connectivity index (χ3n) is 2.69. The number of hydrogen-bond donors (Lipinski definition) is 0. The molecule has 1 aromatic rings. The molecule has 0 radical (unpaired) electrons. The van der Waals surface area contributed by atoms with Gasteiger partial charge in [-0.2, -0.15) is 0 Å². The Bertz CT molecular complexity index is 291. The van der Waals surface area contributed by atoms with E-state index < -0.39 is 0 Å². The zero-order valence-corrected chi connectivity index (χ0v) is 10.00. The third kappa shape index (κ3) is 2.08. The predicted octanol–water partition coefficient (Wildman–Crippen LogP) is 3.08. The number of rotatable bonds is 3. The molecular weight excluding hydrogens is 240 g/mol. The summed E-state index contributed by atoms with van der Waals surface area (Å²) in [5.41, 5.74) is 0. The third-order valence-corrected chi connectivity index (χ3v) is 3.16. The Morgan fingerprint density at radius 3 is 2.86 bits per heavy atom. The zero-order chi connectivity index (χ0) is 9.97. The molecule has 0 amide bonds. The molecular formula is C11H15BrN2. The predicted molar refractivity (Wildman–Crippen MR) is 62.5 cm³/mol. The molecule has 0 unspecified atom stereocenters. The average Bonchev–Trinajstić information content (AvgIpc) is 2.13. The molecule has 2 rings (SSSR count). The van der Waals surface area contributed by atoms with Crippen LogP contribution in [-0.2, 0) is 0 Å². The van der Waals surface area contributed by atoms with Crippen LogP contribution in [0, 0.1) is 5.92 Å². The SMILES string of the molecule is CCCC1CN(c2ccc(Br)cn2)C1. The topological polar surface area (TPSA) is 16.1 Å². The molecule has 1 aromatic heterocycles. The number of anilines is 1. The van der Waals surface area contributed by atoms with Crippen molar-refractivity contribution in [1.82, 2.24) is 4.98 Å². The van der Waals surface area contributed by atoms with Gasteiger partial charge in [0.25, 0.3) is 0 Å². The van der Waals surface area contributed by atoms with Crippen LogP contribution >= 0.6 is 15.9 Å². The van der Waals surface area contributed by atoms with E-state index in [0.29, 0.717) is 0 Å². The average molecular weight is 255 g/mol. The summed E-state index contributed by atoms with van der Waals surface area (Å²) in [6.07, 6.45) is 4.52. The summed E-state index contributed by atoms with van der Waals surface area (Å²) in [6.45, 7) is 4.62. The zero-order valence-electron chi connectivity index (χ0n) is 8.41. The van der Waals surface area contributed by atoms with Gasteiger partial charge in [-0.3, -0.25) is 0 Å². The van der Waals surface area contributed by atoms with E-state index in [9.17, 15) is 0 Å². The van der Waals surface area contributed by atoms with Crippen molar-refractivity contribution < 1.29 is 0 Å². The minimum absolute atomic E-state index is 0.894. The van der Waals surface area contributed by atoms with Gasteiger partial charge in [0, 0.05) is 23.8 Å². The maximum Gasteiger partial charge on any atom is 0.128 e. The van der Waals surface area contributed by atoms with Gasteiger partial charge in [0.2, 0.25) is 0 Å². The molecule has 1 saturated heterocycles. The number of halogens is 1. The summed E-state index contributed by atoms with van der Waals surface area (Å²) in [6, 6.07) is 4.13. The van der Waals surface area contributed by atoms with Gasteiger partial charge in [-0.05, 0) is 40.4 Å². The number of pyridine rings is 1. The van der Waals surface area contributed by atoms with Crippen molar-refractivity contribution in [3.05, 3.63) is 22.8 Å². The summed E-state index contributed by atoms with van der Waals surface area (Å²) in [5.74, 6) is 2.01. The molecule has 3 heteroatoms. The van der Waals surface area contributed by atoms with Crippen LogP contribution in [0.4, 0.5) is 5.82 Å². The monoisotopic (exact) mass is 254 g/mol. The maximum absolute atomic E-state index is 4.37. The summed E-state index contributed by atoms with van der Waals surface area (Å²) in [5, 5.41) is 0. The minimum Gasteiger partial charge on any atom is -0.356 e. The lowest BCUT2D eigenvalue weighted by Crippen LogP contribution is -2.47. The van der Waals surface area contributed by atoms with Gasteiger partial charge in [-0.15, -0.1) is 0 Å². The van der Waals surface area contributed by atoms with Crippen LogP contribution in [-0.4, -0.2) is 18.1 Å². The van der Waals surface area contributed by atoms with E-state index in [0.717, 1.165) is 16.2 Å². The van der Waals surface area contributed by atoms with E-state index in [1.165, 1.54) is 25.9 Å². The second-order valence-corrected chi connectivity index (χ2v) is 4.81. The molecule has 1 aliphatic rings. The molecule has 0 N–H and O–H groups in total. The van der Waals surface area contributed by atoms with Gasteiger partial charge in [0.15, 0.2) is 0 Å². The number of aromatic nitrogens is 1. The molecule has 0 aliphatic carbocycles. The van der Waals surface area contributed by atoms with Crippen LogP contribution in [0.1, 0.15) is 19.8 Å². The number of nitrogens with zero attached hydrogens (tertiary/aromatic N) is 2. The summed E-state index contributed by atoms with van der Waals surface area (Å²) in [7, 11) is 0. The lowest BCUT2D eigenvalue weighted by atomic mass is 9.95. The van der Waals surface area contributed by atoms with Gasteiger partial charge < -0.3 is 4.90 Å². The highest BCUT2D eigenvalue weighted by Gasteiger charge is 2.26. The van der Waals surface area contributed by atoms with Crippen molar-refractivity contribution in [2.24, 2.45) is 5.92 Å². The first-order valence-corrected chi connectivity index (χ1v) is 5.95. The first kappa shape index (κ1) is 9.97. The van der Waals surface area contributed by atoms with E-state index in [-0.39, 0.29) is 0 Å². The van der Waals surface area contributed by atoms with E-state index in [2.05, 4.69) is 44.9 Å². The second-order valence-electron chi connectivity index (χ2n) is 3.89. The molecule has 0 bridgehead atoms. The first-order chi connectivity index (χ1) is 6.79. The molecule has 0 spiro atoms. The Balaban J connectivity index is 1.90. The second kappa shape index (κ2) is 4.30. The van der Waals surface area contributed by atoms with Crippen LogP contribution in [0.15, 0.2) is 22.8 Å². The van der Waals surface area contributed by atoms with Gasteiger partial charge in [-0.25, -0.2) is 4.98 Å². The summed E-state index contributed by atoms with van der Waals surface area (Å²) < 4.78 is 1.05. The van der Waals surface area contributed by atoms with Crippen molar-refractivity contribution in [1.29, 1.82) is 0 Å². The van der Waals surface area contributed by atoms with Crippen LogP contribution in [0.5, 0.6) is 0 Å². The normalized spacial score (nSPS) is 16.9. The standard InChI is InChI=1S/C11H15BrN2/c1-2-3-9-7-14(8-9)11-5-4-10(12)6-13-11/h4-6,9H,2-3,7-8H2,1H3. The van der Waals surface area contributed by atoms with Gasteiger partial charge in [-0.1, -0.05) is 13.3 Å². The molecule has 0 aromatic carbocycles. The van der Waals surface area contributed by atoms with Crippen LogP contribution in [0.3, 0.4) is 0 Å². The minimum atomic E-state index is 0.894. The Labute approximate surface area is 93.5 Å². The quantitative estimate of drug-likeness (QED) is 0.825. The highest BCUT2D eigenvalue weighted by molar-refractivity contribution is 9.10. The van der Waals surface area contributed by atoms with E-state index in [4.69, 9.17) is 0 Å². The van der Waals surface area contributed by atoms with E-state index in [1.807, 2.05) is 6.20 Å². The highest BCUT2D eigenvalue weighted by Crippen LogP contribution is 2.26. The smallest absolute Gasteiger partial charge is 0.128 e. The Morgan fingerprint density at radius 2 is 2.29 bits per heavy atom. The largest absolute Gasteiger partial charge is 0.356 e. The molecule has 0 saturated carbocycles. The fourth-order valence-corrected chi connectivity index (χ4v) is 2.14. The number of hydrogen-bond acceptors (Lipinski definition) is 2. The molecule has 14 heavy (non-hydrogen) atoms. The van der Waals surface area contributed by atoms with Crippen LogP contribution < -0.4 is 4.90 Å². The van der Waals surface area contributed by atoms with E-state index >= 15 is 0 Å². The Hall–Kier alpha value is -0.570. The van der Waals surface area contributed by atoms with Crippen molar-refractivity contribution in [3.8, 4) is 0 Å². The highest BCUT2D eigenvalue weighted by atomic mass is 79.9. The molecule has 76 valence electrons. The first-order valence-electron chi connectivity index (χ1n) is 5.16. The van der Waals surface area contributed by atoms with Gasteiger partial charge in [0.05, 0.1) is 0 Å². The maximum atomic E-state index is 4.37. The Morgan fingerprint density at radius 1 is 1.50 bits per heavy atom. The fourth-order valence-electron chi connectivity index (χ4n) is 1.90. The van der Waals surface area contributed by atoms with Gasteiger partial charge in [0.1, 0.15) is 5.82 Å². The lowest BCUT2D eigenvalue weighted by molar-refractivity contribution is 0.378. The summed E-state index contributed by atoms with van der Waals surface area (Å²) in [4.78, 5) is 6.71. The van der Waals surface area contributed by atoms with Gasteiger partial charge >= 0.3 is 0 Å². The lowest BCUT2D eigenvalue weighted by Gasteiger charge is -2.40. The van der Waals surface area contributed by atoms with Crippen molar-refractivity contribution >= 4 is 21.7 Å². The fraction of sp³-hybridized carbons (Fsp3) is 0.545. The van der Waals surface area contributed by atoms with E-state index in [1.54, 1.807) is 0 Å². The molecule has 1 aliphatic heterocycles. The van der Waals surface area contributed by atoms with Crippen molar-refractivity contribution in [2.75, 3.05) is 18.0 Å². The molecule has 2 heterocycles. The molecule has 1 fully saturated rings. The molecule has 0 atom stereocenters. The van der Waals surface area contributed by atoms with Crippen molar-refractivity contribution in [3.63, 3.8) is 0 Å². The van der Waals surface area contributed by atoms with Crippen LogP contribution in [0.25, 0.3) is 0 Å². The van der Waals surface area contributed by atoms with Crippen LogP contribution in [0.2, 0.25) is 0 Å². The summed E-state index contributed by atoms with van der Waals surface area (Å²) >= 11 is 3.39.